The number of fused-ring (bicyclic) bond motifs is 9. The summed E-state index contributed by atoms with van der Waals surface area (Å²) in [4.78, 5) is 15.0. The van der Waals surface area contributed by atoms with Crippen LogP contribution in [0.2, 0.25) is 0 Å². The first-order valence-electron chi connectivity index (χ1n) is 20.5. The maximum atomic E-state index is 5.11. The van der Waals surface area contributed by atoms with E-state index >= 15 is 0 Å². The smallest absolute Gasteiger partial charge is 0.137 e. The summed E-state index contributed by atoms with van der Waals surface area (Å²) >= 11 is 0. The van der Waals surface area contributed by atoms with E-state index in [4.69, 9.17) is 9.97 Å². The molecular weight excluding hydrogens is 729 g/mol. The topological polar surface area (TPSA) is 32.3 Å². The van der Waals surface area contributed by atoms with E-state index in [0.717, 1.165) is 45.2 Å². The molecule has 13 aromatic rings. The van der Waals surface area contributed by atoms with Crippen LogP contribution in [0.4, 0.5) is 34.4 Å². The third-order valence-corrected chi connectivity index (χ3v) is 12.5. The Morgan fingerprint density at radius 2 is 0.717 bits per heavy atom. The van der Waals surface area contributed by atoms with Crippen molar-refractivity contribution in [2.24, 2.45) is 0 Å². The molecule has 0 N–H and O–H groups in total. The van der Waals surface area contributed by atoms with Crippen LogP contribution in [-0.2, 0) is 0 Å². The molecule has 0 fully saturated rings. The molecule has 0 saturated carbocycles. The molecule has 2 heterocycles. The van der Waals surface area contributed by atoms with Crippen molar-refractivity contribution in [2.75, 3.05) is 9.80 Å². The molecule has 2 aromatic heterocycles. The first-order chi connectivity index (χ1) is 29.8. The highest BCUT2D eigenvalue weighted by atomic mass is 15.2. The molecule has 0 aliphatic carbocycles. The zero-order chi connectivity index (χ0) is 39.3. The van der Waals surface area contributed by atoms with E-state index in [1.807, 2.05) is 24.5 Å². The van der Waals surface area contributed by atoms with Crippen LogP contribution in [0.3, 0.4) is 0 Å². The molecule has 4 heteroatoms. The van der Waals surface area contributed by atoms with Gasteiger partial charge < -0.3 is 0 Å². The second-order valence-electron chi connectivity index (χ2n) is 15.7. The number of aromatic nitrogens is 2. The molecule has 0 radical (unpaired) electrons. The highest BCUT2D eigenvalue weighted by Crippen LogP contribution is 2.56. The first-order valence-corrected chi connectivity index (χ1v) is 20.5. The van der Waals surface area contributed by atoms with Crippen LogP contribution >= 0.6 is 0 Å². The molecule has 0 spiro atoms. The average molecular weight is 763 g/mol. The molecule has 60 heavy (non-hydrogen) atoms. The SMILES string of the molecule is c1ccc(N(c2ccccn2)c2c3cc4c5cccc6c7ccccc7cc(c4c(N(c4ccccc4)c4ccccn4)c3cc3c4cccc7cccc(c23)c74)c65)cc1. The summed E-state index contributed by atoms with van der Waals surface area (Å²) in [6, 6.07) is 70.4. The standard InChI is InChI=1S/C56H34N4/c1-3-19-37(20-4-1)59(49-28-9-11-30-57-49)55-46-34-45-42-26-15-25-40-39-23-8-7-16-36(39)32-48(52(40)42)54(45)56(60(38-21-5-2-6-22-38)50-29-10-12-31-58-50)47(46)33-44-41-24-13-17-35-18-14-27-43(51(35)41)53(44)55/h1-34H. The van der Waals surface area contributed by atoms with Gasteiger partial charge in [0.1, 0.15) is 11.6 Å². The Kier molecular flexibility index (Phi) is 6.98. The van der Waals surface area contributed by atoms with Crippen LogP contribution in [0, 0.1) is 0 Å². The molecular formula is C56H34N4. The quantitative estimate of drug-likeness (QED) is 0.158. The van der Waals surface area contributed by atoms with Crippen LogP contribution in [0.15, 0.2) is 207 Å². The van der Waals surface area contributed by atoms with E-state index in [1.165, 1.54) is 75.4 Å². The minimum absolute atomic E-state index is 0.850. The summed E-state index contributed by atoms with van der Waals surface area (Å²) in [5.74, 6) is 1.70. The van der Waals surface area contributed by atoms with Gasteiger partial charge in [-0.25, -0.2) is 9.97 Å². The summed E-state index contributed by atoms with van der Waals surface area (Å²) in [6.45, 7) is 0. The summed E-state index contributed by atoms with van der Waals surface area (Å²) in [5.41, 5.74) is 4.28. The summed E-state index contributed by atoms with van der Waals surface area (Å²) in [7, 11) is 0. The van der Waals surface area contributed by atoms with Gasteiger partial charge in [-0.3, -0.25) is 9.80 Å². The minimum Gasteiger partial charge on any atom is -0.294 e. The number of pyridine rings is 2. The van der Waals surface area contributed by atoms with Crippen LogP contribution in [0.5, 0.6) is 0 Å². The fourth-order valence-corrected chi connectivity index (χ4v) is 10.2. The lowest BCUT2D eigenvalue weighted by Gasteiger charge is -2.30. The lowest BCUT2D eigenvalue weighted by atomic mass is 9.94. The molecule has 0 unspecified atom stereocenters. The van der Waals surface area contributed by atoms with Gasteiger partial charge in [0.05, 0.1) is 11.4 Å². The zero-order valence-electron chi connectivity index (χ0n) is 32.4. The lowest BCUT2D eigenvalue weighted by molar-refractivity contribution is 1.19. The van der Waals surface area contributed by atoms with Gasteiger partial charge >= 0.3 is 0 Å². The normalized spacial score (nSPS) is 12.0. The lowest BCUT2D eigenvalue weighted by Crippen LogP contribution is -2.14. The zero-order valence-corrected chi connectivity index (χ0v) is 32.4. The van der Waals surface area contributed by atoms with E-state index in [1.54, 1.807) is 0 Å². The predicted molar refractivity (Wildman–Crippen MR) is 254 cm³/mol. The van der Waals surface area contributed by atoms with Crippen molar-refractivity contribution in [3.05, 3.63) is 207 Å². The van der Waals surface area contributed by atoms with Gasteiger partial charge in [-0.15, -0.1) is 0 Å². The van der Waals surface area contributed by atoms with E-state index in [2.05, 4.69) is 192 Å². The van der Waals surface area contributed by atoms with Crippen LogP contribution in [-0.4, -0.2) is 9.97 Å². The Balaban J connectivity index is 1.34. The average Bonchev–Trinajstić information content (AvgIpc) is 3.81. The van der Waals surface area contributed by atoms with Gasteiger partial charge in [-0.05, 0) is 131 Å². The molecule has 0 bridgehead atoms. The van der Waals surface area contributed by atoms with E-state index in [0.29, 0.717) is 0 Å². The fourth-order valence-electron chi connectivity index (χ4n) is 10.2. The maximum Gasteiger partial charge on any atom is 0.137 e. The van der Waals surface area contributed by atoms with Crippen LogP contribution in [0.25, 0.3) is 86.2 Å². The van der Waals surface area contributed by atoms with Crippen LogP contribution < -0.4 is 9.80 Å². The highest BCUT2D eigenvalue weighted by Gasteiger charge is 2.30. The molecule has 0 atom stereocenters. The predicted octanol–water partition coefficient (Wildman–Crippen LogP) is 15.5. The van der Waals surface area contributed by atoms with E-state index in [-0.39, 0.29) is 0 Å². The Morgan fingerprint density at radius 3 is 1.30 bits per heavy atom. The third-order valence-electron chi connectivity index (χ3n) is 12.5. The van der Waals surface area contributed by atoms with Crippen molar-refractivity contribution in [2.45, 2.75) is 0 Å². The molecule has 0 aliphatic heterocycles. The Hall–Kier alpha value is -8.08. The summed E-state index contributed by atoms with van der Waals surface area (Å²) in [6.07, 6.45) is 3.80. The summed E-state index contributed by atoms with van der Waals surface area (Å²) in [5, 5.41) is 19.6. The van der Waals surface area contributed by atoms with Gasteiger partial charge in [0, 0.05) is 45.3 Å². The highest BCUT2D eigenvalue weighted by molar-refractivity contribution is 6.43. The molecule has 13 rings (SSSR count). The second-order valence-corrected chi connectivity index (χ2v) is 15.7. The van der Waals surface area contributed by atoms with Gasteiger partial charge in [-0.2, -0.15) is 0 Å². The van der Waals surface area contributed by atoms with Crippen molar-refractivity contribution in [3.8, 4) is 0 Å². The van der Waals surface area contributed by atoms with Crippen molar-refractivity contribution in [1.82, 2.24) is 9.97 Å². The number of nitrogens with zero attached hydrogens (tertiary/aromatic N) is 4. The Labute approximate surface area is 345 Å². The monoisotopic (exact) mass is 762 g/mol. The molecule has 0 saturated heterocycles. The Morgan fingerprint density at radius 1 is 0.267 bits per heavy atom. The number of para-hydroxylation sites is 2. The van der Waals surface area contributed by atoms with E-state index < -0.39 is 0 Å². The van der Waals surface area contributed by atoms with Gasteiger partial charge in [0.2, 0.25) is 0 Å². The summed E-state index contributed by atoms with van der Waals surface area (Å²) < 4.78 is 0. The largest absolute Gasteiger partial charge is 0.294 e. The van der Waals surface area contributed by atoms with Gasteiger partial charge in [0.25, 0.3) is 0 Å². The fraction of sp³-hybridized carbons (Fsp3) is 0. The van der Waals surface area contributed by atoms with Crippen molar-refractivity contribution < 1.29 is 0 Å². The number of anilines is 6. The number of benzene rings is 9. The van der Waals surface area contributed by atoms with Crippen molar-refractivity contribution in [1.29, 1.82) is 0 Å². The number of hydrogen-bond donors (Lipinski definition) is 0. The third kappa shape index (κ3) is 4.61. The Bertz CT molecular complexity index is 3670. The van der Waals surface area contributed by atoms with Gasteiger partial charge in [0.15, 0.2) is 0 Å². The van der Waals surface area contributed by atoms with E-state index in [9.17, 15) is 0 Å². The van der Waals surface area contributed by atoms with Crippen molar-refractivity contribution in [3.63, 3.8) is 0 Å². The molecule has 4 nitrogen and oxygen atoms in total. The van der Waals surface area contributed by atoms with Crippen molar-refractivity contribution >= 4 is 121 Å². The molecule has 278 valence electrons. The molecule has 11 aromatic carbocycles. The maximum absolute atomic E-state index is 5.11. The molecule has 0 amide bonds. The van der Waals surface area contributed by atoms with Crippen LogP contribution in [0.1, 0.15) is 0 Å². The number of hydrogen-bond acceptors (Lipinski definition) is 4. The number of rotatable bonds is 6. The minimum atomic E-state index is 0.850. The molecule has 0 aliphatic rings. The van der Waals surface area contributed by atoms with Gasteiger partial charge in [-0.1, -0.05) is 127 Å². The first kappa shape index (κ1) is 32.9. The second kappa shape index (κ2) is 12.7.